The maximum atomic E-state index is 13.5. The number of benzene rings is 5. The maximum absolute atomic E-state index is 13.5. The predicted molar refractivity (Wildman–Crippen MR) is 166 cm³/mol. The number of carbonyl (C=O) groups excluding carboxylic acids is 2. The summed E-state index contributed by atoms with van der Waals surface area (Å²) in [6.45, 7) is 0. The third-order valence-electron chi connectivity index (χ3n) is 6.86. The second-order valence-corrected chi connectivity index (χ2v) is 9.86. The van der Waals surface area contributed by atoms with E-state index in [4.69, 9.17) is 21.1 Å². The van der Waals surface area contributed by atoms with Gasteiger partial charge < -0.3 is 14.5 Å². The topological polar surface area (TPSA) is 92.8 Å². The number of aromatic amines is 1. The fourth-order valence-electron chi connectivity index (χ4n) is 4.90. The molecule has 0 bridgehead atoms. The number of ether oxygens (including phenoxy) is 2. The standard InChI is InChI=1S/C34H24ClN3O4/c1-41-29-18-16-24(35)19-27(29)34(40)42-28-14-8-6-12-23(28)20-36-38-33(39)32-30(22-10-3-2-4-11-22)26-17-15-21-9-5-7-13-25(21)31(26)37-32/h2-20,37H,1H3,(H,38,39). The molecule has 42 heavy (non-hydrogen) atoms. The first-order valence-corrected chi connectivity index (χ1v) is 13.5. The van der Waals surface area contributed by atoms with Crippen molar-refractivity contribution in [1.82, 2.24) is 10.4 Å². The molecule has 206 valence electrons. The summed E-state index contributed by atoms with van der Waals surface area (Å²) in [7, 11) is 1.46. The van der Waals surface area contributed by atoms with Crippen LogP contribution in [0.4, 0.5) is 0 Å². The van der Waals surface area contributed by atoms with Gasteiger partial charge in [-0.2, -0.15) is 5.10 Å². The van der Waals surface area contributed by atoms with E-state index in [1.54, 1.807) is 36.4 Å². The number of nitrogens with one attached hydrogen (secondary N) is 2. The first-order chi connectivity index (χ1) is 20.5. The van der Waals surface area contributed by atoms with Crippen molar-refractivity contribution in [3.63, 3.8) is 0 Å². The van der Waals surface area contributed by atoms with E-state index in [-0.39, 0.29) is 11.3 Å². The number of hydrazone groups is 1. The summed E-state index contributed by atoms with van der Waals surface area (Å²) in [6.07, 6.45) is 1.43. The number of aromatic nitrogens is 1. The first kappa shape index (κ1) is 26.8. The van der Waals surface area contributed by atoms with Crippen LogP contribution in [0.5, 0.6) is 11.5 Å². The average molecular weight is 574 g/mol. The Bertz CT molecular complexity index is 1980. The minimum atomic E-state index is -0.642. The molecule has 5 aromatic carbocycles. The van der Waals surface area contributed by atoms with Crippen LogP contribution in [0.25, 0.3) is 32.8 Å². The van der Waals surface area contributed by atoms with Crippen molar-refractivity contribution < 1.29 is 19.1 Å². The Kier molecular flexibility index (Phi) is 7.41. The Balaban J connectivity index is 1.30. The molecule has 0 atom stereocenters. The van der Waals surface area contributed by atoms with Gasteiger partial charge in [-0.1, -0.05) is 90.5 Å². The number of halogens is 1. The minimum absolute atomic E-state index is 0.185. The van der Waals surface area contributed by atoms with Crippen LogP contribution >= 0.6 is 11.6 Å². The monoisotopic (exact) mass is 573 g/mol. The van der Waals surface area contributed by atoms with Gasteiger partial charge in [0.1, 0.15) is 22.8 Å². The highest BCUT2D eigenvalue weighted by Gasteiger charge is 2.21. The summed E-state index contributed by atoms with van der Waals surface area (Å²) in [6, 6.07) is 33.4. The summed E-state index contributed by atoms with van der Waals surface area (Å²) in [5.41, 5.74) is 6.24. The van der Waals surface area contributed by atoms with E-state index in [1.165, 1.54) is 19.4 Å². The molecule has 0 aliphatic carbocycles. The van der Waals surface area contributed by atoms with Gasteiger partial charge in [0.05, 0.1) is 18.8 Å². The van der Waals surface area contributed by atoms with E-state index in [0.29, 0.717) is 22.0 Å². The molecule has 7 nitrogen and oxygen atoms in total. The molecule has 2 N–H and O–H groups in total. The predicted octanol–water partition coefficient (Wildman–Crippen LogP) is 7.63. The van der Waals surface area contributed by atoms with Gasteiger partial charge in [0.2, 0.25) is 0 Å². The second-order valence-electron chi connectivity index (χ2n) is 9.42. The van der Waals surface area contributed by atoms with Crippen LogP contribution in [0.3, 0.4) is 0 Å². The van der Waals surface area contributed by atoms with Gasteiger partial charge in [0.15, 0.2) is 0 Å². The van der Waals surface area contributed by atoms with Crippen molar-refractivity contribution in [2.24, 2.45) is 5.10 Å². The summed E-state index contributed by atoms with van der Waals surface area (Å²) in [4.78, 5) is 29.8. The van der Waals surface area contributed by atoms with Crippen molar-refractivity contribution in [3.05, 3.63) is 131 Å². The van der Waals surface area contributed by atoms with Crippen molar-refractivity contribution >= 4 is 51.4 Å². The number of carbonyl (C=O) groups is 2. The Morgan fingerprint density at radius 2 is 1.60 bits per heavy atom. The van der Waals surface area contributed by atoms with Crippen LogP contribution in [0.1, 0.15) is 26.4 Å². The molecule has 8 heteroatoms. The molecule has 0 spiro atoms. The van der Waals surface area contributed by atoms with Gasteiger partial charge in [0.25, 0.3) is 5.91 Å². The Hall–Kier alpha value is -5.40. The fourth-order valence-corrected chi connectivity index (χ4v) is 5.07. The van der Waals surface area contributed by atoms with Crippen molar-refractivity contribution in [2.75, 3.05) is 7.11 Å². The van der Waals surface area contributed by atoms with Gasteiger partial charge >= 0.3 is 5.97 Å². The van der Waals surface area contributed by atoms with E-state index < -0.39 is 11.9 Å². The van der Waals surface area contributed by atoms with Crippen LogP contribution < -0.4 is 14.9 Å². The number of amides is 1. The average Bonchev–Trinajstić information content (AvgIpc) is 3.43. The molecule has 0 saturated carbocycles. The van der Waals surface area contributed by atoms with Crippen molar-refractivity contribution in [1.29, 1.82) is 0 Å². The van der Waals surface area contributed by atoms with Crippen LogP contribution in [-0.4, -0.2) is 30.2 Å². The second kappa shape index (κ2) is 11.6. The van der Waals surface area contributed by atoms with E-state index in [2.05, 4.69) is 21.6 Å². The number of fused-ring (bicyclic) bond motifs is 3. The summed E-state index contributed by atoms with van der Waals surface area (Å²) in [5, 5.41) is 7.58. The Morgan fingerprint density at radius 3 is 2.43 bits per heavy atom. The number of para-hydroxylation sites is 1. The molecule has 0 aliphatic heterocycles. The van der Waals surface area contributed by atoms with E-state index in [1.807, 2.05) is 60.7 Å². The lowest BCUT2D eigenvalue weighted by atomic mass is 9.99. The summed E-state index contributed by atoms with van der Waals surface area (Å²) >= 11 is 6.08. The van der Waals surface area contributed by atoms with Gasteiger partial charge in [-0.3, -0.25) is 4.79 Å². The minimum Gasteiger partial charge on any atom is -0.496 e. The summed E-state index contributed by atoms with van der Waals surface area (Å²) in [5.74, 6) is -0.465. The van der Waals surface area contributed by atoms with Gasteiger partial charge in [0, 0.05) is 26.9 Å². The fraction of sp³-hybridized carbons (Fsp3) is 0.0294. The zero-order valence-electron chi connectivity index (χ0n) is 22.4. The SMILES string of the molecule is COc1ccc(Cl)cc1C(=O)Oc1ccccc1C=NNC(=O)c1[nH]c2c(ccc3ccccc32)c1-c1ccccc1. The number of hydrogen-bond acceptors (Lipinski definition) is 5. The molecular formula is C34H24ClN3O4. The largest absolute Gasteiger partial charge is 0.496 e. The molecule has 6 aromatic rings. The highest BCUT2D eigenvalue weighted by atomic mass is 35.5. The lowest BCUT2D eigenvalue weighted by Crippen LogP contribution is -2.19. The smallest absolute Gasteiger partial charge is 0.347 e. The highest BCUT2D eigenvalue weighted by Crippen LogP contribution is 2.36. The van der Waals surface area contributed by atoms with Gasteiger partial charge in [-0.25, -0.2) is 10.2 Å². The highest BCUT2D eigenvalue weighted by molar-refractivity contribution is 6.31. The van der Waals surface area contributed by atoms with E-state index in [0.717, 1.165) is 32.8 Å². The van der Waals surface area contributed by atoms with Crippen molar-refractivity contribution in [3.8, 4) is 22.6 Å². The number of H-pyrrole nitrogens is 1. The lowest BCUT2D eigenvalue weighted by molar-refractivity contribution is 0.0730. The molecule has 1 heterocycles. The third-order valence-corrected chi connectivity index (χ3v) is 7.10. The molecule has 1 aromatic heterocycles. The normalized spacial score (nSPS) is 11.2. The van der Waals surface area contributed by atoms with Gasteiger partial charge in [-0.15, -0.1) is 0 Å². The zero-order chi connectivity index (χ0) is 29.1. The first-order valence-electron chi connectivity index (χ1n) is 13.1. The molecule has 6 rings (SSSR count). The van der Waals surface area contributed by atoms with Crippen LogP contribution in [0, 0.1) is 0 Å². The molecule has 0 aliphatic rings. The third kappa shape index (κ3) is 5.21. The molecule has 0 radical (unpaired) electrons. The number of esters is 1. The van der Waals surface area contributed by atoms with Crippen molar-refractivity contribution in [2.45, 2.75) is 0 Å². The van der Waals surface area contributed by atoms with Crippen LogP contribution in [0.15, 0.2) is 114 Å². The van der Waals surface area contributed by atoms with Gasteiger partial charge in [-0.05, 0) is 41.3 Å². The van der Waals surface area contributed by atoms with E-state index in [9.17, 15) is 9.59 Å². The zero-order valence-corrected chi connectivity index (χ0v) is 23.2. The summed E-state index contributed by atoms with van der Waals surface area (Å²) < 4.78 is 10.9. The molecular weight excluding hydrogens is 550 g/mol. The Labute approximate surface area is 246 Å². The number of rotatable bonds is 7. The van der Waals surface area contributed by atoms with Crippen LogP contribution in [-0.2, 0) is 0 Å². The maximum Gasteiger partial charge on any atom is 0.347 e. The molecule has 0 fully saturated rings. The van der Waals surface area contributed by atoms with E-state index >= 15 is 0 Å². The van der Waals surface area contributed by atoms with Crippen LogP contribution in [0.2, 0.25) is 5.02 Å². The number of nitrogens with zero attached hydrogens (tertiary/aromatic N) is 1. The molecule has 0 unspecified atom stereocenters. The molecule has 0 saturated heterocycles. The quantitative estimate of drug-likeness (QED) is 0.0888. The Morgan fingerprint density at radius 1 is 0.833 bits per heavy atom. The lowest BCUT2D eigenvalue weighted by Gasteiger charge is -2.10. The number of methoxy groups -OCH3 is 1. The molecule has 1 amide bonds. The number of hydrogen-bond donors (Lipinski definition) is 2.